The van der Waals surface area contributed by atoms with Gasteiger partial charge in [0, 0.05) is 39.0 Å². The molecule has 2 heterocycles. The number of rotatable bonds is 7. The molecule has 4 rings (SSSR count). The number of nitrogens with one attached hydrogen (secondary N) is 1. The van der Waals surface area contributed by atoms with E-state index in [1.165, 1.54) is 16.7 Å². The Morgan fingerprint density at radius 2 is 2.07 bits per heavy atom. The molecule has 1 atom stereocenters. The van der Waals surface area contributed by atoms with Crippen LogP contribution >= 0.6 is 24.0 Å². The Labute approximate surface area is 196 Å². The third-order valence-corrected chi connectivity index (χ3v) is 5.71. The summed E-state index contributed by atoms with van der Waals surface area (Å²) in [5.41, 5.74) is 3.92. The van der Waals surface area contributed by atoms with E-state index in [2.05, 4.69) is 57.7 Å². The van der Waals surface area contributed by atoms with E-state index >= 15 is 0 Å². The monoisotopic (exact) mass is 521 g/mol. The molecule has 0 amide bonds. The van der Waals surface area contributed by atoms with Crippen LogP contribution in [0.2, 0.25) is 0 Å². The number of benzene rings is 2. The minimum Gasteiger partial charge on any atom is -0.493 e. The zero-order valence-corrected chi connectivity index (χ0v) is 20.0. The molecule has 0 aromatic heterocycles. The van der Waals surface area contributed by atoms with Gasteiger partial charge < -0.3 is 19.7 Å². The fourth-order valence-electron chi connectivity index (χ4n) is 4.13. The lowest BCUT2D eigenvalue weighted by Gasteiger charge is -2.22. The lowest BCUT2D eigenvalue weighted by molar-refractivity contribution is 0.0907. The van der Waals surface area contributed by atoms with Crippen LogP contribution in [-0.4, -0.2) is 50.8 Å². The minimum atomic E-state index is 0. The number of guanidine groups is 1. The smallest absolute Gasteiger partial charge is 0.193 e. The first-order valence-electron chi connectivity index (χ1n) is 10.6. The van der Waals surface area contributed by atoms with Crippen LogP contribution in [0.4, 0.5) is 0 Å². The van der Waals surface area contributed by atoms with E-state index in [9.17, 15) is 0 Å². The van der Waals surface area contributed by atoms with Crippen molar-refractivity contribution in [2.45, 2.75) is 25.9 Å². The molecule has 0 saturated carbocycles. The number of hydrogen-bond acceptors (Lipinski definition) is 3. The van der Waals surface area contributed by atoms with Crippen molar-refractivity contribution in [2.75, 3.05) is 39.9 Å². The summed E-state index contributed by atoms with van der Waals surface area (Å²) < 4.78 is 11.5. The molecule has 1 fully saturated rings. The minimum absolute atomic E-state index is 0. The molecule has 6 heteroatoms. The van der Waals surface area contributed by atoms with E-state index in [1.807, 2.05) is 13.1 Å². The highest BCUT2D eigenvalue weighted by Crippen LogP contribution is 2.26. The molecule has 2 aliphatic rings. The summed E-state index contributed by atoms with van der Waals surface area (Å²) in [7, 11) is 1.87. The number of likely N-dealkylation sites (tertiary alicyclic amines) is 1. The lowest BCUT2D eigenvalue weighted by Crippen LogP contribution is -2.41. The highest BCUT2D eigenvalue weighted by molar-refractivity contribution is 14.0. The Kier molecular flexibility index (Phi) is 8.81. The van der Waals surface area contributed by atoms with Crippen LogP contribution in [0.15, 0.2) is 53.5 Å². The maximum atomic E-state index is 5.94. The standard InChI is InChI=1S/C24H31N3O2.HI/c1-25-24(26-12-9-19-7-8-23-22(15-19)11-14-29-23)27-13-10-21(16-27)18-28-17-20-5-3-2-4-6-20;/h2-8,15,21H,9-14,16-18H2,1H3,(H,25,26);1H. The molecule has 1 N–H and O–H groups in total. The van der Waals surface area contributed by atoms with Crippen molar-refractivity contribution in [2.24, 2.45) is 10.9 Å². The number of fused-ring (bicyclic) bond motifs is 1. The van der Waals surface area contributed by atoms with Crippen LogP contribution in [-0.2, 0) is 24.2 Å². The molecule has 0 radical (unpaired) electrons. The van der Waals surface area contributed by atoms with Crippen molar-refractivity contribution in [1.82, 2.24) is 10.2 Å². The second-order valence-electron chi connectivity index (χ2n) is 7.87. The van der Waals surface area contributed by atoms with Crippen LogP contribution < -0.4 is 10.1 Å². The maximum Gasteiger partial charge on any atom is 0.193 e. The summed E-state index contributed by atoms with van der Waals surface area (Å²) in [5.74, 6) is 2.61. The van der Waals surface area contributed by atoms with Gasteiger partial charge in [0.05, 0.1) is 19.8 Å². The fraction of sp³-hybridized carbons (Fsp3) is 0.458. The highest BCUT2D eigenvalue weighted by atomic mass is 127. The van der Waals surface area contributed by atoms with E-state index in [-0.39, 0.29) is 24.0 Å². The summed E-state index contributed by atoms with van der Waals surface area (Å²) in [6, 6.07) is 16.9. The summed E-state index contributed by atoms with van der Waals surface area (Å²) in [6.45, 7) is 5.24. The second-order valence-corrected chi connectivity index (χ2v) is 7.87. The van der Waals surface area contributed by atoms with Gasteiger partial charge in [-0.25, -0.2) is 0 Å². The molecule has 30 heavy (non-hydrogen) atoms. The molecule has 2 aromatic carbocycles. The van der Waals surface area contributed by atoms with Gasteiger partial charge in [-0.15, -0.1) is 24.0 Å². The predicted molar refractivity (Wildman–Crippen MR) is 132 cm³/mol. The maximum absolute atomic E-state index is 5.94. The van der Waals surface area contributed by atoms with E-state index in [0.717, 1.165) is 63.8 Å². The van der Waals surface area contributed by atoms with E-state index < -0.39 is 0 Å². The van der Waals surface area contributed by atoms with Gasteiger partial charge >= 0.3 is 0 Å². The van der Waals surface area contributed by atoms with Gasteiger partial charge in [-0.05, 0) is 35.6 Å². The Morgan fingerprint density at radius 1 is 1.20 bits per heavy atom. The fourth-order valence-corrected chi connectivity index (χ4v) is 4.13. The Bertz CT molecular complexity index is 828. The number of hydrogen-bond donors (Lipinski definition) is 1. The van der Waals surface area contributed by atoms with Crippen LogP contribution in [0, 0.1) is 5.92 Å². The van der Waals surface area contributed by atoms with Gasteiger partial charge in [-0.2, -0.15) is 0 Å². The van der Waals surface area contributed by atoms with Crippen molar-refractivity contribution in [3.05, 3.63) is 65.2 Å². The van der Waals surface area contributed by atoms with Crippen molar-refractivity contribution >= 4 is 29.9 Å². The van der Waals surface area contributed by atoms with Crippen LogP contribution in [0.3, 0.4) is 0 Å². The first-order valence-corrected chi connectivity index (χ1v) is 10.6. The molecule has 2 aliphatic heterocycles. The van der Waals surface area contributed by atoms with Crippen molar-refractivity contribution in [3.8, 4) is 5.75 Å². The Morgan fingerprint density at radius 3 is 2.90 bits per heavy atom. The molecular formula is C24H32IN3O2. The zero-order chi connectivity index (χ0) is 19.9. The third kappa shape index (κ3) is 6.11. The first kappa shape index (κ1) is 22.9. The molecule has 162 valence electrons. The van der Waals surface area contributed by atoms with E-state index in [0.29, 0.717) is 12.5 Å². The summed E-state index contributed by atoms with van der Waals surface area (Å²) in [6.07, 6.45) is 3.17. The second kappa shape index (κ2) is 11.6. The Hall–Kier alpha value is -1.80. The summed E-state index contributed by atoms with van der Waals surface area (Å²) >= 11 is 0. The Balaban J connectivity index is 0.00000256. The van der Waals surface area contributed by atoms with Crippen molar-refractivity contribution in [1.29, 1.82) is 0 Å². The molecule has 0 bridgehead atoms. The SMILES string of the molecule is CN=C(NCCc1ccc2c(c1)CCO2)N1CCC(COCc2ccccc2)C1.I. The van der Waals surface area contributed by atoms with Gasteiger partial charge in [0.15, 0.2) is 5.96 Å². The van der Waals surface area contributed by atoms with E-state index in [1.54, 1.807) is 0 Å². The predicted octanol–water partition coefficient (Wildman–Crippen LogP) is 3.90. The average molecular weight is 521 g/mol. The van der Waals surface area contributed by atoms with Crippen molar-refractivity contribution < 1.29 is 9.47 Å². The van der Waals surface area contributed by atoms with Crippen LogP contribution in [0.5, 0.6) is 5.75 Å². The quantitative estimate of drug-likeness (QED) is 0.341. The van der Waals surface area contributed by atoms with Gasteiger partial charge in [0.2, 0.25) is 0 Å². The lowest BCUT2D eigenvalue weighted by atomic mass is 10.1. The topological polar surface area (TPSA) is 46.1 Å². The molecule has 0 spiro atoms. The molecular weight excluding hydrogens is 489 g/mol. The van der Waals surface area contributed by atoms with Crippen molar-refractivity contribution in [3.63, 3.8) is 0 Å². The first-order chi connectivity index (χ1) is 14.3. The average Bonchev–Trinajstić information content (AvgIpc) is 3.41. The van der Waals surface area contributed by atoms with Gasteiger partial charge in [0.25, 0.3) is 0 Å². The van der Waals surface area contributed by atoms with Gasteiger partial charge in [0.1, 0.15) is 5.75 Å². The van der Waals surface area contributed by atoms with Crippen LogP contribution in [0.1, 0.15) is 23.1 Å². The number of ether oxygens (including phenoxy) is 2. The molecule has 2 aromatic rings. The molecule has 5 nitrogen and oxygen atoms in total. The summed E-state index contributed by atoms with van der Waals surface area (Å²) in [5, 5.41) is 3.53. The molecule has 1 unspecified atom stereocenters. The molecule has 1 saturated heterocycles. The number of halogens is 1. The van der Waals surface area contributed by atoms with Gasteiger partial charge in [-0.3, -0.25) is 4.99 Å². The van der Waals surface area contributed by atoms with E-state index in [4.69, 9.17) is 9.47 Å². The van der Waals surface area contributed by atoms with Crippen LogP contribution in [0.25, 0.3) is 0 Å². The highest BCUT2D eigenvalue weighted by Gasteiger charge is 2.25. The number of nitrogens with zero attached hydrogens (tertiary/aromatic N) is 2. The largest absolute Gasteiger partial charge is 0.493 e. The zero-order valence-electron chi connectivity index (χ0n) is 17.7. The normalized spacial score (nSPS) is 18.0. The number of aliphatic imine (C=N–C) groups is 1. The van der Waals surface area contributed by atoms with Gasteiger partial charge in [-0.1, -0.05) is 42.5 Å². The third-order valence-electron chi connectivity index (χ3n) is 5.71. The molecule has 0 aliphatic carbocycles. The summed E-state index contributed by atoms with van der Waals surface area (Å²) in [4.78, 5) is 6.85.